The molecule has 6 heteroatoms. The van der Waals surface area contributed by atoms with Crippen LogP contribution in [0, 0.1) is 5.82 Å². The Morgan fingerprint density at radius 1 is 1.33 bits per heavy atom. The van der Waals surface area contributed by atoms with Crippen molar-refractivity contribution < 1.29 is 17.6 Å². The lowest BCUT2D eigenvalue weighted by Crippen LogP contribution is -2.35. The van der Waals surface area contributed by atoms with Gasteiger partial charge in [0.1, 0.15) is 11.1 Å². The minimum atomic E-state index is -3.43. The Bertz CT molecular complexity index is 583. The molecule has 1 unspecified atom stereocenters. The van der Waals surface area contributed by atoms with Crippen molar-refractivity contribution in [1.82, 2.24) is 0 Å². The molecular formula is C12H12BrFO3S. The number of ketones is 1. The molecule has 18 heavy (non-hydrogen) atoms. The molecule has 2 rings (SSSR count). The van der Waals surface area contributed by atoms with Gasteiger partial charge in [0.15, 0.2) is 15.6 Å². The average Bonchev–Trinajstić information content (AvgIpc) is 2.31. The second kappa shape index (κ2) is 5.09. The number of carbonyl (C=O) groups excluding carboxylic acids is 1. The third-order valence-electron chi connectivity index (χ3n) is 3.06. The predicted octanol–water partition coefficient (Wildman–Crippen LogP) is 2.74. The monoisotopic (exact) mass is 334 g/mol. The highest BCUT2D eigenvalue weighted by atomic mass is 79.9. The first kappa shape index (κ1) is 13.7. The van der Waals surface area contributed by atoms with Crippen LogP contribution >= 0.6 is 15.9 Å². The van der Waals surface area contributed by atoms with Crippen molar-refractivity contribution >= 4 is 31.6 Å². The second-order valence-electron chi connectivity index (χ2n) is 4.34. The van der Waals surface area contributed by atoms with E-state index in [2.05, 4.69) is 15.9 Å². The van der Waals surface area contributed by atoms with Crippen molar-refractivity contribution in [2.24, 2.45) is 0 Å². The molecule has 0 saturated carbocycles. The molecule has 1 aliphatic heterocycles. The summed E-state index contributed by atoms with van der Waals surface area (Å²) < 4.78 is 37.8. The lowest BCUT2D eigenvalue weighted by atomic mass is 10.0. The highest BCUT2D eigenvalue weighted by molar-refractivity contribution is 9.10. The molecule has 0 amide bonds. The SMILES string of the molecule is O=C(c1cc(Br)ccc1F)C1CCCCS1(=O)=O. The molecule has 1 aliphatic rings. The molecule has 1 aromatic rings. The van der Waals surface area contributed by atoms with Crippen LogP contribution in [-0.4, -0.2) is 25.2 Å². The van der Waals surface area contributed by atoms with Crippen LogP contribution in [0.5, 0.6) is 0 Å². The van der Waals surface area contributed by atoms with Gasteiger partial charge in [-0.1, -0.05) is 22.4 Å². The molecule has 1 aromatic carbocycles. The van der Waals surface area contributed by atoms with Crippen LogP contribution in [0.15, 0.2) is 22.7 Å². The lowest BCUT2D eigenvalue weighted by Gasteiger charge is -2.21. The van der Waals surface area contributed by atoms with Gasteiger partial charge in [0.2, 0.25) is 0 Å². The number of rotatable bonds is 2. The number of carbonyl (C=O) groups is 1. The summed E-state index contributed by atoms with van der Waals surface area (Å²) in [6.07, 6.45) is 1.55. The molecular weight excluding hydrogens is 323 g/mol. The highest BCUT2D eigenvalue weighted by Crippen LogP contribution is 2.25. The van der Waals surface area contributed by atoms with Gasteiger partial charge in [-0.15, -0.1) is 0 Å². The third-order valence-corrected chi connectivity index (χ3v) is 5.73. The number of Topliss-reactive ketones (excluding diaryl/α,β-unsaturated/α-hetero) is 1. The molecule has 3 nitrogen and oxygen atoms in total. The zero-order chi connectivity index (χ0) is 13.3. The van der Waals surface area contributed by atoms with Crippen LogP contribution in [0.1, 0.15) is 29.6 Å². The van der Waals surface area contributed by atoms with E-state index in [-0.39, 0.29) is 17.7 Å². The highest BCUT2D eigenvalue weighted by Gasteiger charge is 2.36. The molecule has 0 bridgehead atoms. The first-order valence-corrected chi connectivity index (χ1v) is 8.13. The van der Waals surface area contributed by atoms with Crippen LogP contribution in [0.2, 0.25) is 0 Å². The van der Waals surface area contributed by atoms with E-state index in [1.165, 1.54) is 12.1 Å². The van der Waals surface area contributed by atoms with E-state index in [1.807, 2.05) is 0 Å². The van der Waals surface area contributed by atoms with Gasteiger partial charge in [-0.3, -0.25) is 4.79 Å². The number of hydrogen-bond donors (Lipinski definition) is 0. The van der Waals surface area contributed by atoms with E-state index in [0.29, 0.717) is 17.3 Å². The van der Waals surface area contributed by atoms with Crippen molar-refractivity contribution in [1.29, 1.82) is 0 Å². The Hall–Kier alpha value is -0.750. The topological polar surface area (TPSA) is 51.2 Å². The van der Waals surface area contributed by atoms with E-state index < -0.39 is 26.7 Å². The first-order valence-electron chi connectivity index (χ1n) is 5.62. The fourth-order valence-corrected chi connectivity index (χ4v) is 4.34. The summed E-state index contributed by atoms with van der Waals surface area (Å²) in [6, 6.07) is 3.97. The molecule has 0 spiro atoms. The van der Waals surface area contributed by atoms with E-state index in [1.54, 1.807) is 0 Å². The summed E-state index contributed by atoms with van der Waals surface area (Å²) in [5.74, 6) is -1.29. The van der Waals surface area contributed by atoms with Gasteiger partial charge in [-0.2, -0.15) is 0 Å². The van der Waals surface area contributed by atoms with Gasteiger partial charge in [-0.25, -0.2) is 12.8 Å². The predicted molar refractivity (Wildman–Crippen MR) is 69.9 cm³/mol. The summed E-state index contributed by atoms with van der Waals surface area (Å²) in [5.41, 5.74) is -0.153. The summed E-state index contributed by atoms with van der Waals surface area (Å²) in [4.78, 5) is 12.1. The molecule has 0 N–H and O–H groups in total. The Balaban J connectivity index is 2.39. The van der Waals surface area contributed by atoms with Crippen molar-refractivity contribution in [2.75, 3.05) is 5.75 Å². The molecule has 0 aromatic heterocycles. The largest absolute Gasteiger partial charge is 0.293 e. The third kappa shape index (κ3) is 2.64. The molecule has 98 valence electrons. The zero-order valence-electron chi connectivity index (χ0n) is 9.53. The molecule has 0 radical (unpaired) electrons. The molecule has 1 atom stereocenters. The van der Waals surface area contributed by atoms with Gasteiger partial charge < -0.3 is 0 Å². The molecule has 1 saturated heterocycles. The number of sulfone groups is 1. The van der Waals surface area contributed by atoms with Crippen molar-refractivity contribution in [2.45, 2.75) is 24.5 Å². The van der Waals surface area contributed by atoms with Crippen molar-refractivity contribution in [3.05, 3.63) is 34.1 Å². The molecule has 1 heterocycles. The maximum absolute atomic E-state index is 13.6. The maximum atomic E-state index is 13.6. The smallest absolute Gasteiger partial charge is 0.183 e. The van der Waals surface area contributed by atoms with E-state index in [0.717, 1.165) is 6.07 Å². The number of hydrogen-bond acceptors (Lipinski definition) is 3. The summed E-state index contributed by atoms with van der Waals surface area (Å²) in [5, 5.41) is -1.09. The Kier molecular flexibility index (Phi) is 3.87. The molecule has 0 aliphatic carbocycles. The van der Waals surface area contributed by atoms with E-state index >= 15 is 0 Å². The van der Waals surface area contributed by atoms with E-state index in [9.17, 15) is 17.6 Å². The minimum absolute atomic E-state index is 0.0129. The Labute approximate surface area is 113 Å². The van der Waals surface area contributed by atoms with Gasteiger partial charge in [0, 0.05) is 4.47 Å². The standard InChI is InChI=1S/C12H12BrFO3S/c13-8-4-5-10(14)9(7-8)12(15)11-3-1-2-6-18(11,16)17/h4-5,7,11H,1-3,6H2. The fourth-order valence-electron chi connectivity index (χ4n) is 2.11. The van der Waals surface area contributed by atoms with Crippen LogP contribution in [0.25, 0.3) is 0 Å². The second-order valence-corrected chi connectivity index (χ2v) is 7.56. The van der Waals surface area contributed by atoms with Crippen LogP contribution in [0.3, 0.4) is 0 Å². The van der Waals surface area contributed by atoms with Crippen LogP contribution in [-0.2, 0) is 9.84 Å². The number of halogens is 2. The van der Waals surface area contributed by atoms with Gasteiger partial charge in [-0.05, 0) is 31.0 Å². The zero-order valence-corrected chi connectivity index (χ0v) is 11.9. The maximum Gasteiger partial charge on any atom is 0.183 e. The van der Waals surface area contributed by atoms with Crippen LogP contribution < -0.4 is 0 Å². The molecule has 1 fully saturated rings. The number of benzene rings is 1. The lowest BCUT2D eigenvalue weighted by molar-refractivity contribution is 0.0977. The quantitative estimate of drug-likeness (QED) is 0.781. The summed E-state index contributed by atoms with van der Waals surface area (Å²) in [6.45, 7) is 0. The van der Waals surface area contributed by atoms with Gasteiger partial charge in [0.05, 0.1) is 11.3 Å². The summed E-state index contributed by atoms with van der Waals surface area (Å²) >= 11 is 3.15. The van der Waals surface area contributed by atoms with Crippen molar-refractivity contribution in [3.63, 3.8) is 0 Å². The average molecular weight is 335 g/mol. The Morgan fingerprint density at radius 2 is 2.06 bits per heavy atom. The van der Waals surface area contributed by atoms with Gasteiger partial charge in [0.25, 0.3) is 0 Å². The normalized spacial score (nSPS) is 22.7. The van der Waals surface area contributed by atoms with Crippen molar-refractivity contribution in [3.8, 4) is 0 Å². The van der Waals surface area contributed by atoms with Crippen LogP contribution in [0.4, 0.5) is 4.39 Å². The van der Waals surface area contributed by atoms with E-state index in [4.69, 9.17) is 0 Å². The summed E-state index contributed by atoms with van der Waals surface area (Å²) in [7, 11) is -3.43. The first-order chi connectivity index (χ1) is 8.42. The minimum Gasteiger partial charge on any atom is -0.293 e. The van der Waals surface area contributed by atoms with Gasteiger partial charge >= 0.3 is 0 Å². The fraction of sp³-hybridized carbons (Fsp3) is 0.417. The Morgan fingerprint density at radius 3 is 2.72 bits per heavy atom.